The molecule has 0 amide bonds. The molecule has 0 aliphatic carbocycles. The van der Waals surface area contributed by atoms with Crippen LogP contribution in [0, 0.1) is 11.8 Å². The third-order valence-corrected chi connectivity index (χ3v) is 1.73. The number of rotatable bonds is 7. The van der Waals surface area contributed by atoms with E-state index < -0.39 is 0 Å². The van der Waals surface area contributed by atoms with E-state index in [0.29, 0.717) is 11.8 Å². The fourth-order valence-corrected chi connectivity index (χ4v) is 1.00. The standard InChI is InChI=1S/C10H21O2Si/c1-8(2)5-11-10(7-13)12-6-9(3)4/h8-10H,5-7H2,1-4H3. The molecule has 0 aliphatic heterocycles. The Kier molecular flexibility index (Phi) is 7.61. The summed E-state index contributed by atoms with van der Waals surface area (Å²) >= 11 is 0. The highest BCUT2D eigenvalue weighted by Gasteiger charge is 2.08. The molecule has 2 nitrogen and oxygen atoms in total. The van der Waals surface area contributed by atoms with Crippen molar-refractivity contribution in [3.63, 3.8) is 0 Å². The van der Waals surface area contributed by atoms with Crippen LogP contribution < -0.4 is 0 Å². The summed E-state index contributed by atoms with van der Waals surface area (Å²) in [6.45, 7) is 10.0. The Morgan fingerprint density at radius 3 is 1.54 bits per heavy atom. The topological polar surface area (TPSA) is 18.5 Å². The molecule has 0 saturated carbocycles. The van der Waals surface area contributed by atoms with Crippen molar-refractivity contribution in [2.75, 3.05) is 13.2 Å². The predicted molar refractivity (Wildman–Crippen MR) is 55.9 cm³/mol. The molecule has 0 spiro atoms. The van der Waals surface area contributed by atoms with Gasteiger partial charge in [-0.1, -0.05) is 27.7 Å². The third kappa shape index (κ3) is 8.47. The van der Waals surface area contributed by atoms with Gasteiger partial charge in [-0.3, -0.25) is 0 Å². The Morgan fingerprint density at radius 1 is 0.923 bits per heavy atom. The van der Waals surface area contributed by atoms with E-state index in [1.54, 1.807) is 0 Å². The Bertz CT molecular complexity index is 103. The smallest absolute Gasteiger partial charge is 0.154 e. The summed E-state index contributed by atoms with van der Waals surface area (Å²) in [6, 6.07) is 0.736. The molecule has 77 valence electrons. The highest BCUT2D eigenvalue weighted by atomic mass is 28.1. The molecule has 0 aromatic rings. The van der Waals surface area contributed by atoms with Gasteiger partial charge in [0, 0.05) is 10.2 Å². The fourth-order valence-electron chi connectivity index (χ4n) is 0.766. The lowest BCUT2D eigenvalue weighted by Crippen LogP contribution is -2.21. The van der Waals surface area contributed by atoms with Crippen LogP contribution in [0.2, 0.25) is 6.04 Å². The van der Waals surface area contributed by atoms with Crippen molar-refractivity contribution in [1.29, 1.82) is 0 Å². The summed E-state index contributed by atoms with van der Waals surface area (Å²) in [5.74, 6) is 1.12. The van der Waals surface area contributed by atoms with Gasteiger partial charge in [-0.25, -0.2) is 0 Å². The van der Waals surface area contributed by atoms with E-state index in [4.69, 9.17) is 9.47 Å². The fraction of sp³-hybridized carbons (Fsp3) is 1.00. The lowest BCUT2D eigenvalue weighted by atomic mass is 10.2. The molecule has 3 radical (unpaired) electrons. The summed E-state index contributed by atoms with van der Waals surface area (Å²) in [6.07, 6.45) is -0.0959. The second kappa shape index (κ2) is 7.53. The van der Waals surface area contributed by atoms with Crippen molar-refractivity contribution in [2.45, 2.75) is 40.0 Å². The second-order valence-corrected chi connectivity index (χ2v) is 4.50. The molecular weight excluding hydrogens is 180 g/mol. The zero-order valence-corrected chi connectivity index (χ0v) is 10.2. The van der Waals surface area contributed by atoms with Gasteiger partial charge in [0.2, 0.25) is 0 Å². The molecule has 0 saturated heterocycles. The quantitative estimate of drug-likeness (QED) is 0.464. The second-order valence-electron chi connectivity index (χ2n) is 4.09. The van der Waals surface area contributed by atoms with E-state index in [-0.39, 0.29) is 6.29 Å². The first-order chi connectivity index (χ1) is 6.06. The summed E-state index contributed by atoms with van der Waals surface area (Å²) in [4.78, 5) is 0. The van der Waals surface area contributed by atoms with Crippen molar-refractivity contribution in [3.8, 4) is 0 Å². The van der Waals surface area contributed by atoms with Gasteiger partial charge < -0.3 is 9.47 Å². The first-order valence-electron chi connectivity index (χ1n) is 4.94. The van der Waals surface area contributed by atoms with Gasteiger partial charge >= 0.3 is 0 Å². The Hall–Kier alpha value is 0.137. The normalized spacial score (nSPS) is 12.0. The molecule has 0 aromatic carbocycles. The van der Waals surface area contributed by atoms with Crippen LogP contribution in [0.3, 0.4) is 0 Å². The first kappa shape index (κ1) is 13.1. The van der Waals surface area contributed by atoms with Crippen molar-refractivity contribution < 1.29 is 9.47 Å². The lowest BCUT2D eigenvalue weighted by molar-refractivity contribution is -0.141. The molecule has 0 N–H and O–H groups in total. The van der Waals surface area contributed by atoms with Gasteiger partial charge in [0.25, 0.3) is 0 Å². The summed E-state index contributed by atoms with van der Waals surface area (Å²) in [7, 11) is 3.41. The summed E-state index contributed by atoms with van der Waals surface area (Å²) in [5, 5.41) is 0. The number of ether oxygens (including phenoxy) is 2. The van der Waals surface area contributed by atoms with Crippen molar-refractivity contribution in [2.24, 2.45) is 11.8 Å². The first-order valence-corrected chi connectivity index (χ1v) is 5.64. The molecule has 3 heteroatoms. The maximum absolute atomic E-state index is 5.53. The van der Waals surface area contributed by atoms with Crippen molar-refractivity contribution >= 4 is 10.2 Å². The number of hydrogen-bond donors (Lipinski definition) is 0. The third-order valence-electron chi connectivity index (χ3n) is 1.40. The lowest BCUT2D eigenvalue weighted by Gasteiger charge is -2.19. The van der Waals surface area contributed by atoms with Crippen molar-refractivity contribution in [3.05, 3.63) is 0 Å². The molecule has 0 unspecified atom stereocenters. The minimum atomic E-state index is -0.0959. The molecule has 0 rings (SSSR count). The Labute approximate surface area is 85.4 Å². The van der Waals surface area contributed by atoms with Gasteiger partial charge in [0.05, 0.1) is 13.2 Å². The van der Waals surface area contributed by atoms with Crippen LogP contribution in [-0.4, -0.2) is 29.7 Å². The highest BCUT2D eigenvalue weighted by molar-refractivity contribution is 6.08. The average Bonchev–Trinajstić information content (AvgIpc) is 2.04. The maximum Gasteiger partial charge on any atom is 0.154 e. The SMILES string of the molecule is CC(C)COC(C[Si])OCC(C)C. The molecule has 0 fully saturated rings. The minimum Gasteiger partial charge on any atom is -0.353 e. The van der Waals surface area contributed by atoms with Crippen molar-refractivity contribution in [1.82, 2.24) is 0 Å². The zero-order valence-electron chi connectivity index (χ0n) is 9.17. The molecule has 0 atom stereocenters. The van der Waals surface area contributed by atoms with E-state index in [1.165, 1.54) is 0 Å². The van der Waals surface area contributed by atoms with Gasteiger partial charge in [-0.15, -0.1) is 0 Å². The van der Waals surface area contributed by atoms with E-state index >= 15 is 0 Å². The summed E-state index contributed by atoms with van der Waals surface area (Å²) < 4.78 is 11.1. The highest BCUT2D eigenvalue weighted by Crippen LogP contribution is 2.05. The molecule has 13 heavy (non-hydrogen) atoms. The van der Waals surface area contributed by atoms with Crippen LogP contribution in [-0.2, 0) is 9.47 Å². The van der Waals surface area contributed by atoms with Crippen LogP contribution >= 0.6 is 0 Å². The van der Waals surface area contributed by atoms with Crippen LogP contribution in [0.25, 0.3) is 0 Å². The molecular formula is C10H21O2Si. The van der Waals surface area contributed by atoms with Crippen LogP contribution in [0.5, 0.6) is 0 Å². The minimum absolute atomic E-state index is 0.0959. The molecule has 0 heterocycles. The van der Waals surface area contributed by atoms with Gasteiger partial charge in [0.1, 0.15) is 0 Å². The zero-order chi connectivity index (χ0) is 10.3. The monoisotopic (exact) mass is 201 g/mol. The number of hydrogen-bond acceptors (Lipinski definition) is 2. The van der Waals surface area contributed by atoms with E-state index in [1.807, 2.05) is 0 Å². The average molecular weight is 201 g/mol. The molecule has 0 aliphatic rings. The largest absolute Gasteiger partial charge is 0.353 e. The van der Waals surface area contributed by atoms with E-state index in [0.717, 1.165) is 19.3 Å². The molecule has 0 bridgehead atoms. The van der Waals surface area contributed by atoms with E-state index in [2.05, 4.69) is 37.9 Å². The van der Waals surface area contributed by atoms with Crippen LogP contribution in [0.4, 0.5) is 0 Å². The van der Waals surface area contributed by atoms with Gasteiger partial charge in [-0.2, -0.15) is 0 Å². The van der Waals surface area contributed by atoms with Crippen LogP contribution in [0.15, 0.2) is 0 Å². The van der Waals surface area contributed by atoms with E-state index in [9.17, 15) is 0 Å². The van der Waals surface area contributed by atoms with Crippen LogP contribution in [0.1, 0.15) is 27.7 Å². The maximum atomic E-state index is 5.53. The predicted octanol–water partition coefficient (Wildman–Crippen LogP) is 2.24. The summed E-state index contributed by atoms with van der Waals surface area (Å²) in [5.41, 5.74) is 0. The van der Waals surface area contributed by atoms with Gasteiger partial charge in [0.15, 0.2) is 6.29 Å². The Morgan fingerprint density at radius 2 is 1.31 bits per heavy atom. The Balaban J connectivity index is 3.51. The van der Waals surface area contributed by atoms with Gasteiger partial charge in [-0.05, 0) is 17.9 Å². The molecule has 0 aromatic heterocycles.